The van der Waals surface area contributed by atoms with Gasteiger partial charge >= 0.3 is 6.01 Å². The Morgan fingerprint density at radius 3 is 2.52 bits per heavy atom. The third-order valence-electron chi connectivity index (χ3n) is 5.56. The van der Waals surface area contributed by atoms with Crippen molar-refractivity contribution in [3.8, 4) is 6.01 Å². The molecule has 0 saturated heterocycles. The van der Waals surface area contributed by atoms with Crippen LogP contribution in [-0.4, -0.2) is 67.1 Å². The van der Waals surface area contributed by atoms with E-state index in [4.69, 9.17) is 19.9 Å². The zero-order valence-electron chi connectivity index (χ0n) is 17.6. The van der Waals surface area contributed by atoms with Gasteiger partial charge < -0.3 is 30.6 Å². The summed E-state index contributed by atoms with van der Waals surface area (Å²) in [6.07, 6.45) is 7.27. The molecule has 0 aliphatic heterocycles. The van der Waals surface area contributed by atoms with E-state index in [1.807, 2.05) is 0 Å². The van der Waals surface area contributed by atoms with Crippen molar-refractivity contribution in [3.05, 3.63) is 0 Å². The summed E-state index contributed by atoms with van der Waals surface area (Å²) in [6, 6.07) is 0.835. The van der Waals surface area contributed by atoms with Gasteiger partial charge in [-0.25, -0.2) is 0 Å². The normalized spacial score (nSPS) is 22.8. The predicted molar refractivity (Wildman–Crippen MR) is 112 cm³/mol. The minimum atomic E-state index is 0.373. The Bertz CT molecular complexity index is 606. The van der Waals surface area contributed by atoms with Crippen molar-refractivity contribution in [2.45, 2.75) is 51.5 Å². The first-order chi connectivity index (χ1) is 14.3. The van der Waals surface area contributed by atoms with Crippen LogP contribution in [0.4, 0.5) is 11.9 Å². The molecule has 29 heavy (non-hydrogen) atoms. The Kier molecular flexibility index (Phi) is 9.17. The van der Waals surface area contributed by atoms with Crippen LogP contribution in [0.5, 0.6) is 6.01 Å². The molecule has 164 valence electrons. The Morgan fingerprint density at radius 1 is 0.966 bits per heavy atom. The Hall–Kier alpha value is -1.71. The molecule has 2 fully saturated rings. The molecule has 2 bridgehead atoms. The topological polar surface area (TPSA) is 116 Å². The van der Waals surface area contributed by atoms with Crippen molar-refractivity contribution in [3.63, 3.8) is 0 Å². The molecule has 3 atom stereocenters. The van der Waals surface area contributed by atoms with Crippen molar-refractivity contribution in [1.29, 1.82) is 0 Å². The molecule has 0 radical (unpaired) electrons. The summed E-state index contributed by atoms with van der Waals surface area (Å²) in [5.74, 6) is 2.72. The number of anilines is 2. The maximum atomic E-state index is 5.74. The Morgan fingerprint density at radius 2 is 1.79 bits per heavy atom. The van der Waals surface area contributed by atoms with Gasteiger partial charge in [0.2, 0.25) is 11.9 Å². The van der Waals surface area contributed by atoms with E-state index in [1.54, 1.807) is 0 Å². The lowest BCUT2D eigenvalue weighted by Crippen LogP contribution is -2.27. The molecule has 2 saturated carbocycles. The van der Waals surface area contributed by atoms with E-state index < -0.39 is 0 Å². The number of fused-ring (bicyclic) bond motifs is 2. The summed E-state index contributed by atoms with van der Waals surface area (Å²) in [7, 11) is 0. The number of aromatic nitrogens is 3. The van der Waals surface area contributed by atoms with Crippen molar-refractivity contribution in [2.75, 3.05) is 56.8 Å². The number of nitrogens with one attached hydrogen (secondary N) is 2. The third-order valence-corrected chi connectivity index (χ3v) is 5.56. The molecule has 1 aromatic heterocycles. The standard InChI is InChI=1S/C20H36N6O3/c1-2-3-8-29-20-25-18(22-7-10-28-12-11-27-9-6-21)24-19(26-20)23-17-14-15-4-5-16(17)13-15/h15-17H,2-14,21H2,1H3,(H2,22,23,24,25,26). The molecule has 3 rings (SSSR count). The Balaban J connectivity index is 1.48. The van der Waals surface area contributed by atoms with Gasteiger partial charge in [-0.2, -0.15) is 15.0 Å². The summed E-state index contributed by atoms with van der Waals surface area (Å²) in [5.41, 5.74) is 5.38. The van der Waals surface area contributed by atoms with Gasteiger partial charge in [0, 0.05) is 19.1 Å². The second kappa shape index (κ2) is 12.1. The molecule has 0 aromatic carbocycles. The van der Waals surface area contributed by atoms with Gasteiger partial charge in [-0.15, -0.1) is 0 Å². The van der Waals surface area contributed by atoms with Crippen LogP contribution in [0.15, 0.2) is 0 Å². The van der Waals surface area contributed by atoms with Crippen LogP contribution in [0.1, 0.15) is 45.4 Å². The number of nitrogens with zero attached hydrogens (tertiary/aromatic N) is 3. The van der Waals surface area contributed by atoms with Crippen LogP contribution in [-0.2, 0) is 9.47 Å². The van der Waals surface area contributed by atoms with Gasteiger partial charge in [-0.3, -0.25) is 0 Å². The first-order valence-electron chi connectivity index (χ1n) is 11.0. The third kappa shape index (κ3) is 7.24. The lowest BCUT2D eigenvalue weighted by molar-refractivity contribution is 0.0547. The molecule has 0 amide bonds. The minimum Gasteiger partial charge on any atom is -0.463 e. The van der Waals surface area contributed by atoms with Crippen LogP contribution >= 0.6 is 0 Å². The van der Waals surface area contributed by atoms with Gasteiger partial charge in [0.15, 0.2) is 0 Å². The molecule has 3 unspecified atom stereocenters. The highest BCUT2D eigenvalue weighted by Gasteiger charge is 2.39. The van der Waals surface area contributed by atoms with Crippen LogP contribution < -0.4 is 21.1 Å². The largest absolute Gasteiger partial charge is 0.463 e. The fraction of sp³-hybridized carbons (Fsp3) is 0.850. The average molecular weight is 409 g/mol. The van der Waals surface area contributed by atoms with Gasteiger partial charge in [0.05, 0.1) is 33.0 Å². The minimum absolute atomic E-state index is 0.373. The zero-order valence-corrected chi connectivity index (χ0v) is 17.6. The van der Waals surface area contributed by atoms with E-state index in [0.717, 1.165) is 24.7 Å². The smallest absolute Gasteiger partial charge is 0.323 e. The van der Waals surface area contributed by atoms with Gasteiger partial charge in [-0.1, -0.05) is 19.8 Å². The van der Waals surface area contributed by atoms with Crippen molar-refractivity contribution in [1.82, 2.24) is 15.0 Å². The number of ether oxygens (including phenoxy) is 3. The molecule has 1 aromatic rings. The summed E-state index contributed by atoms with van der Waals surface area (Å²) >= 11 is 0. The number of rotatable bonds is 15. The molecule has 4 N–H and O–H groups in total. The van der Waals surface area contributed by atoms with E-state index in [9.17, 15) is 0 Å². The molecule has 1 heterocycles. The lowest BCUT2D eigenvalue weighted by Gasteiger charge is -2.23. The lowest BCUT2D eigenvalue weighted by atomic mass is 9.95. The highest BCUT2D eigenvalue weighted by Crippen LogP contribution is 2.45. The fourth-order valence-corrected chi connectivity index (χ4v) is 4.10. The maximum Gasteiger partial charge on any atom is 0.323 e. The zero-order chi connectivity index (χ0) is 20.3. The molecular formula is C20H36N6O3. The molecule has 2 aliphatic rings. The average Bonchev–Trinajstić information content (AvgIpc) is 3.33. The summed E-state index contributed by atoms with van der Waals surface area (Å²) in [6.45, 7) is 6.07. The van der Waals surface area contributed by atoms with Crippen molar-refractivity contribution < 1.29 is 14.2 Å². The molecule has 2 aliphatic carbocycles. The van der Waals surface area contributed by atoms with E-state index in [0.29, 0.717) is 70.1 Å². The monoisotopic (exact) mass is 408 g/mol. The van der Waals surface area contributed by atoms with Gasteiger partial charge in [0.25, 0.3) is 0 Å². The number of unbranched alkanes of at least 4 members (excludes halogenated alkanes) is 1. The van der Waals surface area contributed by atoms with Gasteiger partial charge in [-0.05, 0) is 37.5 Å². The summed E-state index contributed by atoms with van der Waals surface area (Å²) < 4.78 is 16.6. The second-order valence-corrected chi connectivity index (χ2v) is 7.83. The second-order valence-electron chi connectivity index (χ2n) is 7.83. The van der Waals surface area contributed by atoms with E-state index in [1.165, 1.54) is 25.7 Å². The van der Waals surface area contributed by atoms with Crippen LogP contribution in [0.25, 0.3) is 0 Å². The number of hydrogen-bond acceptors (Lipinski definition) is 9. The molecular weight excluding hydrogens is 372 g/mol. The SMILES string of the molecule is CCCCOc1nc(NCCOCCOCCN)nc(NC2CC3CCC2C3)n1. The number of nitrogens with two attached hydrogens (primary N) is 1. The van der Waals surface area contributed by atoms with Crippen molar-refractivity contribution >= 4 is 11.9 Å². The van der Waals surface area contributed by atoms with E-state index in [2.05, 4.69) is 32.5 Å². The summed E-state index contributed by atoms with van der Waals surface area (Å²) in [4.78, 5) is 13.4. The van der Waals surface area contributed by atoms with Crippen LogP contribution in [0, 0.1) is 11.8 Å². The highest BCUT2D eigenvalue weighted by molar-refractivity contribution is 5.37. The predicted octanol–water partition coefficient (Wildman–Crippen LogP) is 2.05. The van der Waals surface area contributed by atoms with Crippen LogP contribution in [0.2, 0.25) is 0 Å². The fourth-order valence-electron chi connectivity index (χ4n) is 4.10. The first kappa shape index (κ1) is 22.0. The van der Waals surface area contributed by atoms with E-state index in [-0.39, 0.29) is 0 Å². The quantitative estimate of drug-likeness (QED) is 0.375. The molecule has 9 heteroatoms. The van der Waals surface area contributed by atoms with Crippen molar-refractivity contribution in [2.24, 2.45) is 17.6 Å². The summed E-state index contributed by atoms with van der Waals surface area (Å²) in [5, 5.41) is 6.74. The Labute approximate surface area is 173 Å². The van der Waals surface area contributed by atoms with Gasteiger partial charge in [0.1, 0.15) is 0 Å². The van der Waals surface area contributed by atoms with E-state index >= 15 is 0 Å². The molecule has 0 spiro atoms. The first-order valence-corrected chi connectivity index (χ1v) is 11.0. The van der Waals surface area contributed by atoms with Crippen LogP contribution in [0.3, 0.4) is 0 Å². The number of hydrogen-bond donors (Lipinski definition) is 3. The maximum absolute atomic E-state index is 5.74. The molecule has 9 nitrogen and oxygen atoms in total. The highest BCUT2D eigenvalue weighted by atomic mass is 16.5.